The Labute approximate surface area is 159 Å². The second-order valence-corrected chi connectivity index (χ2v) is 6.74. The van der Waals surface area contributed by atoms with Crippen LogP contribution in [0.1, 0.15) is 51.8 Å². The average Bonchev–Trinajstić information content (AvgIpc) is 2.63. The first-order valence-electron chi connectivity index (χ1n) is 9.11. The number of carbonyl (C=O) groups excluding carboxylic acids is 1. The van der Waals surface area contributed by atoms with Gasteiger partial charge in [0.1, 0.15) is 5.82 Å². The van der Waals surface area contributed by atoms with Gasteiger partial charge < -0.3 is 14.8 Å². The van der Waals surface area contributed by atoms with Crippen molar-refractivity contribution in [2.45, 2.75) is 46.1 Å². The van der Waals surface area contributed by atoms with Crippen LogP contribution in [0, 0.1) is 5.82 Å². The smallest absolute Gasteiger partial charge is 0.230 e. The van der Waals surface area contributed by atoms with Crippen LogP contribution in [-0.2, 0) is 10.2 Å². The Morgan fingerprint density at radius 2 is 1.85 bits per heavy atom. The first-order valence-corrected chi connectivity index (χ1v) is 9.11. The fraction of sp³-hybridized carbons (Fsp3) is 0.429. The Hall–Kier alpha value is -2.63. The number of benzene rings is 1. The van der Waals surface area contributed by atoms with Crippen LogP contribution in [0.3, 0.4) is 0 Å². The summed E-state index contributed by atoms with van der Waals surface area (Å²) in [5, 5.41) is 2.89. The van der Waals surface area contributed by atoms with Gasteiger partial charge in [0.2, 0.25) is 5.91 Å². The maximum Gasteiger partial charge on any atom is 0.230 e. The lowest BCUT2D eigenvalue weighted by Crippen LogP contribution is -2.41. The van der Waals surface area contributed by atoms with Crippen molar-refractivity contribution in [1.82, 2.24) is 10.3 Å². The van der Waals surface area contributed by atoms with Gasteiger partial charge in [0.05, 0.1) is 30.9 Å². The lowest BCUT2D eigenvalue weighted by atomic mass is 9.83. The molecule has 5 nitrogen and oxygen atoms in total. The van der Waals surface area contributed by atoms with Crippen molar-refractivity contribution in [3.8, 4) is 11.5 Å². The van der Waals surface area contributed by atoms with E-state index >= 15 is 0 Å². The highest BCUT2D eigenvalue weighted by Crippen LogP contribution is 2.34. The second kappa shape index (κ2) is 8.84. The van der Waals surface area contributed by atoms with E-state index in [0.29, 0.717) is 30.3 Å². The first kappa shape index (κ1) is 20.7. The van der Waals surface area contributed by atoms with E-state index in [2.05, 4.69) is 10.3 Å². The lowest BCUT2D eigenvalue weighted by molar-refractivity contribution is -0.126. The molecule has 1 atom stereocenters. The summed E-state index contributed by atoms with van der Waals surface area (Å²) in [7, 11) is 0. The fourth-order valence-electron chi connectivity index (χ4n) is 2.76. The van der Waals surface area contributed by atoms with Gasteiger partial charge in [0.25, 0.3) is 0 Å². The summed E-state index contributed by atoms with van der Waals surface area (Å²) in [6.45, 7) is 10.2. The molecule has 1 unspecified atom stereocenters. The van der Waals surface area contributed by atoms with E-state index in [-0.39, 0.29) is 5.91 Å². The number of nitrogens with zero attached hydrogens (tertiary/aromatic N) is 1. The molecule has 146 valence electrons. The molecule has 0 spiro atoms. The van der Waals surface area contributed by atoms with Gasteiger partial charge in [-0.1, -0.05) is 6.07 Å². The van der Waals surface area contributed by atoms with Gasteiger partial charge in [-0.2, -0.15) is 0 Å². The standard InChI is InChI=1S/C21H27FN2O3/c1-6-26-18-9-8-15(12-19(18)27-7-2)21(4,5)20(25)24-14(3)16-10-11-23-13-17(16)22/h8-14H,6-7H2,1-5H3,(H,24,25). The van der Waals surface area contributed by atoms with E-state index in [9.17, 15) is 9.18 Å². The number of hydrogen-bond donors (Lipinski definition) is 1. The molecule has 0 radical (unpaired) electrons. The number of nitrogens with one attached hydrogen (secondary N) is 1. The van der Waals surface area contributed by atoms with E-state index in [1.807, 2.05) is 45.9 Å². The largest absolute Gasteiger partial charge is 0.490 e. The van der Waals surface area contributed by atoms with Crippen LogP contribution < -0.4 is 14.8 Å². The molecule has 0 aliphatic carbocycles. The summed E-state index contributed by atoms with van der Waals surface area (Å²) < 4.78 is 25.2. The van der Waals surface area contributed by atoms with Crippen LogP contribution in [0.25, 0.3) is 0 Å². The number of ether oxygens (including phenoxy) is 2. The Kier molecular flexibility index (Phi) is 6.77. The van der Waals surface area contributed by atoms with E-state index in [1.165, 1.54) is 6.20 Å². The third-order valence-corrected chi connectivity index (χ3v) is 4.45. The Morgan fingerprint density at radius 3 is 2.48 bits per heavy atom. The highest BCUT2D eigenvalue weighted by atomic mass is 19.1. The summed E-state index contributed by atoms with van der Waals surface area (Å²) in [6.07, 6.45) is 2.65. The van der Waals surface area contributed by atoms with E-state index in [0.717, 1.165) is 11.8 Å². The molecule has 1 N–H and O–H groups in total. The Morgan fingerprint density at radius 1 is 1.19 bits per heavy atom. The summed E-state index contributed by atoms with van der Waals surface area (Å²) in [4.78, 5) is 16.7. The van der Waals surface area contributed by atoms with Gasteiger partial charge in [-0.25, -0.2) is 4.39 Å². The van der Waals surface area contributed by atoms with Crippen molar-refractivity contribution in [3.05, 3.63) is 53.6 Å². The van der Waals surface area contributed by atoms with Crippen LogP contribution in [-0.4, -0.2) is 24.1 Å². The summed E-state index contributed by atoms with van der Waals surface area (Å²) >= 11 is 0. The number of aromatic nitrogens is 1. The van der Waals surface area contributed by atoms with E-state index in [1.54, 1.807) is 13.0 Å². The molecule has 2 aromatic rings. The number of hydrogen-bond acceptors (Lipinski definition) is 4. The normalized spacial score (nSPS) is 12.4. The number of pyridine rings is 1. The molecule has 6 heteroatoms. The predicted molar refractivity (Wildman–Crippen MR) is 103 cm³/mol. The monoisotopic (exact) mass is 374 g/mol. The minimum atomic E-state index is -0.839. The predicted octanol–water partition coefficient (Wildman–Crippen LogP) is 4.17. The summed E-state index contributed by atoms with van der Waals surface area (Å²) in [6, 6.07) is 6.58. The zero-order valence-corrected chi connectivity index (χ0v) is 16.5. The van der Waals surface area contributed by atoms with Gasteiger partial charge in [-0.15, -0.1) is 0 Å². The quantitative estimate of drug-likeness (QED) is 0.753. The minimum absolute atomic E-state index is 0.210. The molecule has 2 rings (SSSR count). The van der Waals surface area contributed by atoms with Crippen molar-refractivity contribution >= 4 is 5.91 Å². The van der Waals surface area contributed by atoms with Crippen LogP contribution in [0.15, 0.2) is 36.7 Å². The number of halogens is 1. The Balaban J connectivity index is 2.24. The number of rotatable bonds is 8. The van der Waals surface area contributed by atoms with E-state index in [4.69, 9.17) is 9.47 Å². The summed E-state index contributed by atoms with van der Waals surface area (Å²) in [5.41, 5.74) is 0.346. The molecule has 1 amide bonds. The third-order valence-electron chi connectivity index (χ3n) is 4.45. The topological polar surface area (TPSA) is 60.5 Å². The molecular weight excluding hydrogens is 347 g/mol. The van der Waals surface area contributed by atoms with Crippen molar-refractivity contribution in [1.29, 1.82) is 0 Å². The van der Waals surface area contributed by atoms with Crippen molar-refractivity contribution < 1.29 is 18.7 Å². The van der Waals surface area contributed by atoms with Gasteiger partial charge in [0, 0.05) is 11.8 Å². The highest BCUT2D eigenvalue weighted by molar-refractivity contribution is 5.87. The molecule has 27 heavy (non-hydrogen) atoms. The average molecular weight is 374 g/mol. The molecule has 1 heterocycles. The van der Waals surface area contributed by atoms with Crippen LogP contribution in [0.4, 0.5) is 4.39 Å². The highest BCUT2D eigenvalue weighted by Gasteiger charge is 2.32. The number of carbonyl (C=O) groups is 1. The van der Waals surface area contributed by atoms with Crippen molar-refractivity contribution in [2.24, 2.45) is 0 Å². The molecule has 0 bridgehead atoms. The molecule has 1 aromatic heterocycles. The molecule has 1 aromatic carbocycles. The van der Waals surface area contributed by atoms with Gasteiger partial charge in [-0.3, -0.25) is 9.78 Å². The SMILES string of the molecule is CCOc1ccc(C(C)(C)C(=O)NC(C)c2ccncc2F)cc1OCC. The molecular formula is C21H27FN2O3. The maximum absolute atomic E-state index is 13.9. The van der Waals surface area contributed by atoms with Gasteiger partial charge in [0.15, 0.2) is 11.5 Å². The second-order valence-electron chi connectivity index (χ2n) is 6.74. The first-order chi connectivity index (χ1) is 12.8. The minimum Gasteiger partial charge on any atom is -0.490 e. The molecule has 0 saturated carbocycles. The zero-order chi connectivity index (χ0) is 20.0. The number of amides is 1. The van der Waals surface area contributed by atoms with Crippen LogP contribution >= 0.6 is 0 Å². The van der Waals surface area contributed by atoms with E-state index < -0.39 is 17.3 Å². The van der Waals surface area contributed by atoms with Gasteiger partial charge >= 0.3 is 0 Å². The zero-order valence-electron chi connectivity index (χ0n) is 16.5. The fourth-order valence-corrected chi connectivity index (χ4v) is 2.76. The third kappa shape index (κ3) is 4.76. The Bertz CT molecular complexity index is 793. The molecule has 0 aliphatic rings. The molecule has 0 saturated heterocycles. The maximum atomic E-state index is 13.9. The summed E-state index contributed by atoms with van der Waals surface area (Å²) in [5.74, 6) is 0.595. The van der Waals surface area contributed by atoms with Crippen LogP contribution in [0.5, 0.6) is 11.5 Å². The van der Waals surface area contributed by atoms with Crippen molar-refractivity contribution in [3.63, 3.8) is 0 Å². The van der Waals surface area contributed by atoms with Gasteiger partial charge in [-0.05, 0) is 58.4 Å². The molecule has 0 fully saturated rings. The lowest BCUT2D eigenvalue weighted by Gasteiger charge is -2.27. The van der Waals surface area contributed by atoms with Crippen LogP contribution in [0.2, 0.25) is 0 Å². The van der Waals surface area contributed by atoms with Crippen molar-refractivity contribution in [2.75, 3.05) is 13.2 Å². The molecule has 0 aliphatic heterocycles.